The fourth-order valence-corrected chi connectivity index (χ4v) is 1.08. The number of rotatable bonds is 8. The molecule has 0 aliphatic rings. The van der Waals surface area contributed by atoms with Crippen LogP contribution in [-0.2, 0) is 9.59 Å². The zero-order valence-electron chi connectivity index (χ0n) is 11.4. The first-order valence-electron chi connectivity index (χ1n) is 6.05. The molecule has 0 aromatic carbocycles. The van der Waals surface area contributed by atoms with Gasteiger partial charge in [-0.15, -0.1) is 0 Å². The van der Waals surface area contributed by atoms with Crippen molar-refractivity contribution in [3.05, 3.63) is 0 Å². The molecular weight excluding hydrogens is 292 g/mol. The third kappa shape index (κ3) is 9.28. The predicted molar refractivity (Wildman–Crippen MR) is 67.3 cm³/mol. The molecule has 0 rings (SSSR count). The second-order valence-electron chi connectivity index (χ2n) is 4.15. The molecule has 1 unspecified atom stereocenters. The molecule has 0 bridgehead atoms. The van der Waals surface area contributed by atoms with Crippen LogP contribution in [0.3, 0.4) is 0 Å². The van der Waals surface area contributed by atoms with Gasteiger partial charge in [-0.1, -0.05) is 6.92 Å². The van der Waals surface area contributed by atoms with Crippen molar-refractivity contribution in [3.63, 3.8) is 0 Å². The SMILES string of the molecule is CCCC(=O)O.O=C(O)[C@H](O)[C@@H](O)[C@H](O)[C@H](O)C(O)CO. The Morgan fingerprint density at radius 2 is 1.38 bits per heavy atom. The third-order valence-corrected chi connectivity index (χ3v) is 2.32. The Hall–Kier alpha value is -1.30. The van der Waals surface area contributed by atoms with E-state index in [1.54, 1.807) is 0 Å². The maximum Gasteiger partial charge on any atom is 0.335 e. The van der Waals surface area contributed by atoms with E-state index in [0.717, 1.165) is 6.42 Å². The summed E-state index contributed by atoms with van der Waals surface area (Å²) >= 11 is 0. The van der Waals surface area contributed by atoms with Gasteiger partial charge in [-0.3, -0.25) is 4.79 Å². The Morgan fingerprint density at radius 1 is 0.905 bits per heavy atom. The molecule has 5 atom stereocenters. The Bertz CT molecular complexity index is 307. The van der Waals surface area contributed by atoms with Gasteiger partial charge in [-0.05, 0) is 6.42 Å². The molecule has 8 N–H and O–H groups in total. The van der Waals surface area contributed by atoms with E-state index >= 15 is 0 Å². The summed E-state index contributed by atoms with van der Waals surface area (Å²) in [5, 5.41) is 69.5. The third-order valence-electron chi connectivity index (χ3n) is 2.32. The molecule has 0 saturated carbocycles. The van der Waals surface area contributed by atoms with E-state index in [0.29, 0.717) is 6.42 Å². The van der Waals surface area contributed by atoms with E-state index in [4.69, 9.17) is 40.9 Å². The molecule has 0 radical (unpaired) electrons. The highest BCUT2D eigenvalue weighted by atomic mass is 16.4. The quantitative estimate of drug-likeness (QED) is 0.225. The van der Waals surface area contributed by atoms with E-state index in [1.807, 2.05) is 6.92 Å². The van der Waals surface area contributed by atoms with Gasteiger partial charge < -0.3 is 40.9 Å². The number of hydrogen-bond acceptors (Lipinski definition) is 8. The molecule has 0 spiro atoms. The lowest BCUT2D eigenvalue weighted by atomic mass is 9.99. The van der Waals surface area contributed by atoms with Crippen molar-refractivity contribution >= 4 is 11.9 Å². The summed E-state index contributed by atoms with van der Waals surface area (Å²) < 4.78 is 0. The molecule has 0 aliphatic heterocycles. The van der Waals surface area contributed by atoms with Crippen LogP contribution in [0.2, 0.25) is 0 Å². The van der Waals surface area contributed by atoms with E-state index in [2.05, 4.69) is 0 Å². The normalized spacial score (nSPS) is 17.7. The summed E-state index contributed by atoms with van der Waals surface area (Å²) in [6.07, 6.45) is -9.22. The number of aliphatic carboxylic acids is 2. The van der Waals surface area contributed by atoms with Gasteiger partial charge in [-0.25, -0.2) is 4.79 Å². The zero-order valence-corrected chi connectivity index (χ0v) is 11.4. The Balaban J connectivity index is 0. The molecule has 0 aromatic heterocycles. The van der Waals surface area contributed by atoms with Crippen molar-refractivity contribution in [2.75, 3.05) is 6.61 Å². The summed E-state index contributed by atoms with van der Waals surface area (Å²) in [5.74, 6) is -2.50. The van der Waals surface area contributed by atoms with Gasteiger partial charge in [-0.2, -0.15) is 0 Å². The first-order valence-corrected chi connectivity index (χ1v) is 6.05. The number of carbonyl (C=O) groups is 2. The summed E-state index contributed by atoms with van der Waals surface area (Å²) in [5.41, 5.74) is 0. The standard InChI is InChI=1S/C7H14O8.C4H8O2/c8-1-2(9)3(10)4(11)5(12)6(13)7(14)15;1-2-3-4(5)6/h2-6,8-13H,1H2,(H,14,15);2-3H2,1H3,(H,5,6)/t2?,3-,4-,5+,6-;/m1./s1. The second-order valence-corrected chi connectivity index (χ2v) is 4.15. The molecule has 0 fully saturated rings. The molecular formula is C11H22O10. The lowest BCUT2D eigenvalue weighted by Gasteiger charge is -2.26. The lowest BCUT2D eigenvalue weighted by Crippen LogP contribution is -2.51. The van der Waals surface area contributed by atoms with Gasteiger partial charge in [0.25, 0.3) is 0 Å². The zero-order chi connectivity index (χ0) is 17.2. The summed E-state index contributed by atoms with van der Waals surface area (Å²) in [4.78, 5) is 19.8. The predicted octanol–water partition coefficient (Wildman–Crippen LogP) is -3.26. The highest BCUT2D eigenvalue weighted by Gasteiger charge is 2.36. The number of hydrogen-bond donors (Lipinski definition) is 8. The highest BCUT2D eigenvalue weighted by molar-refractivity contribution is 5.72. The smallest absolute Gasteiger partial charge is 0.335 e. The summed E-state index contributed by atoms with van der Waals surface area (Å²) in [6, 6.07) is 0. The fraction of sp³-hybridized carbons (Fsp3) is 0.818. The van der Waals surface area contributed by atoms with Gasteiger partial charge in [0.1, 0.15) is 24.4 Å². The van der Waals surface area contributed by atoms with Crippen molar-refractivity contribution in [3.8, 4) is 0 Å². The minimum absolute atomic E-state index is 0.292. The van der Waals surface area contributed by atoms with Crippen molar-refractivity contribution < 1.29 is 50.4 Å². The van der Waals surface area contributed by atoms with Crippen LogP contribution in [0.1, 0.15) is 19.8 Å². The van der Waals surface area contributed by atoms with Crippen molar-refractivity contribution in [1.82, 2.24) is 0 Å². The maximum atomic E-state index is 10.2. The molecule has 0 amide bonds. The minimum atomic E-state index is -2.29. The molecule has 0 saturated heterocycles. The molecule has 0 aliphatic carbocycles. The van der Waals surface area contributed by atoms with E-state index in [1.165, 1.54) is 0 Å². The van der Waals surface area contributed by atoms with Crippen LogP contribution < -0.4 is 0 Å². The second kappa shape index (κ2) is 11.4. The number of carboxylic acid groups (broad SMARTS) is 2. The van der Waals surface area contributed by atoms with E-state index in [9.17, 15) is 9.59 Å². The monoisotopic (exact) mass is 314 g/mol. The highest BCUT2D eigenvalue weighted by Crippen LogP contribution is 2.08. The maximum absolute atomic E-state index is 10.2. The number of aliphatic hydroxyl groups is 6. The minimum Gasteiger partial charge on any atom is -0.481 e. The van der Waals surface area contributed by atoms with Gasteiger partial charge in [0.05, 0.1) is 6.61 Å². The van der Waals surface area contributed by atoms with Crippen LogP contribution in [-0.4, -0.2) is 89.9 Å². The summed E-state index contributed by atoms with van der Waals surface area (Å²) in [7, 11) is 0. The van der Waals surface area contributed by atoms with Crippen LogP contribution >= 0.6 is 0 Å². The van der Waals surface area contributed by atoms with Crippen LogP contribution in [0.5, 0.6) is 0 Å². The van der Waals surface area contributed by atoms with E-state index < -0.39 is 49.1 Å². The first-order chi connectivity index (χ1) is 9.59. The molecule has 0 aromatic rings. The van der Waals surface area contributed by atoms with Crippen molar-refractivity contribution in [2.45, 2.75) is 50.3 Å². The largest absolute Gasteiger partial charge is 0.481 e. The topological polar surface area (TPSA) is 196 Å². The Morgan fingerprint density at radius 3 is 1.62 bits per heavy atom. The van der Waals surface area contributed by atoms with Crippen LogP contribution in [0.25, 0.3) is 0 Å². The Labute approximate surface area is 120 Å². The number of aliphatic hydroxyl groups excluding tert-OH is 6. The molecule has 0 heterocycles. The van der Waals surface area contributed by atoms with E-state index in [-0.39, 0.29) is 0 Å². The molecule has 126 valence electrons. The van der Waals surface area contributed by atoms with Gasteiger partial charge in [0, 0.05) is 6.42 Å². The average molecular weight is 314 g/mol. The van der Waals surface area contributed by atoms with Gasteiger partial charge in [0.2, 0.25) is 0 Å². The van der Waals surface area contributed by atoms with Crippen molar-refractivity contribution in [1.29, 1.82) is 0 Å². The molecule has 21 heavy (non-hydrogen) atoms. The molecule has 10 heteroatoms. The van der Waals surface area contributed by atoms with Crippen molar-refractivity contribution in [2.24, 2.45) is 0 Å². The lowest BCUT2D eigenvalue weighted by molar-refractivity contribution is -0.169. The fourth-order valence-electron chi connectivity index (χ4n) is 1.08. The number of carboxylic acids is 2. The molecule has 10 nitrogen and oxygen atoms in total. The Kier molecular flexibility index (Phi) is 11.9. The van der Waals surface area contributed by atoms with Crippen LogP contribution in [0, 0.1) is 0 Å². The van der Waals surface area contributed by atoms with Gasteiger partial charge >= 0.3 is 11.9 Å². The average Bonchev–Trinajstić information content (AvgIpc) is 2.43. The van der Waals surface area contributed by atoms with Gasteiger partial charge in [0.15, 0.2) is 6.10 Å². The van der Waals surface area contributed by atoms with Crippen LogP contribution in [0.15, 0.2) is 0 Å². The first kappa shape index (κ1) is 22.0. The summed E-state index contributed by atoms with van der Waals surface area (Å²) in [6.45, 7) is 0.961. The van der Waals surface area contributed by atoms with Crippen LogP contribution in [0.4, 0.5) is 0 Å².